The molecule has 0 radical (unpaired) electrons. The quantitative estimate of drug-likeness (QED) is 0.776. The first-order valence-electron chi connectivity index (χ1n) is 7.81. The van der Waals surface area contributed by atoms with Gasteiger partial charge in [-0.15, -0.1) is 10.2 Å². The molecule has 0 bridgehead atoms. The monoisotopic (exact) mass is 307 g/mol. The van der Waals surface area contributed by atoms with Crippen molar-refractivity contribution in [1.82, 2.24) is 15.5 Å². The Balaban J connectivity index is 1.79. The normalized spacial score (nSPS) is 12.3. The van der Waals surface area contributed by atoms with Gasteiger partial charge < -0.3 is 9.73 Å². The highest BCUT2D eigenvalue weighted by atomic mass is 16.4. The molecule has 0 aliphatic heterocycles. The van der Waals surface area contributed by atoms with Crippen LogP contribution in [0.3, 0.4) is 0 Å². The minimum Gasteiger partial charge on any atom is -0.425 e. The molecule has 1 heterocycles. The average molecular weight is 307 g/mol. The van der Waals surface area contributed by atoms with E-state index in [0.29, 0.717) is 24.2 Å². The van der Waals surface area contributed by atoms with E-state index in [4.69, 9.17) is 4.42 Å². The van der Waals surface area contributed by atoms with Gasteiger partial charge in [0.1, 0.15) is 0 Å². The van der Waals surface area contributed by atoms with Crippen LogP contribution in [0.4, 0.5) is 0 Å². The maximum atomic E-state index is 5.43. The van der Waals surface area contributed by atoms with Gasteiger partial charge in [0, 0.05) is 13.0 Å². The second-order valence-electron chi connectivity index (χ2n) is 5.72. The van der Waals surface area contributed by atoms with Crippen molar-refractivity contribution in [3.63, 3.8) is 0 Å². The number of benzene rings is 2. The highest BCUT2D eigenvalue weighted by Gasteiger charge is 2.06. The lowest BCUT2D eigenvalue weighted by Crippen LogP contribution is -2.12. The lowest BCUT2D eigenvalue weighted by atomic mass is 9.99. The van der Waals surface area contributed by atoms with Gasteiger partial charge in [-0.05, 0) is 42.3 Å². The Morgan fingerprint density at radius 1 is 1.04 bits per heavy atom. The molecule has 118 valence electrons. The summed E-state index contributed by atoms with van der Waals surface area (Å²) in [6, 6.07) is 17.5. The SMILES string of the molecule is CNC(C)c1cccc(-c2ccc(Cc3nnc(C)o3)cc2)c1. The molecule has 0 spiro atoms. The Morgan fingerprint density at radius 2 is 1.83 bits per heavy atom. The molecular weight excluding hydrogens is 286 g/mol. The third-order valence-corrected chi connectivity index (χ3v) is 4.03. The van der Waals surface area contributed by atoms with E-state index in [1.165, 1.54) is 16.7 Å². The van der Waals surface area contributed by atoms with Crippen LogP contribution in [-0.2, 0) is 6.42 Å². The predicted molar refractivity (Wildman–Crippen MR) is 91.2 cm³/mol. The van der Waals surface area contributed by atoms with Crippen molar-refractivity contribution in [2.75, 3.05) is 7.05 Å². The first kappa shape index (κ1) is 15.4. The molecule has 0 aliphatic rings. The highest BCUT2D eigenvalue weighted by Crippen LogP contribution is 2.24. The fraction of sp³-hybridized carbons (Fsp3) is 0.263. The zero-order valence-corrected chi connectivity index (χ0v) is 13.7. The van der Waals surface area contributed by atoms with Gasteiger partial charge in [-0.2, -0.15) is 0 Å². The molecule has 0 fully saturated rings. The molecule has 0 saturated heterocycles. The third kappa shape index (κ3) is 3.66. The van der Waals surface area contributed by atoms with Crippen LogP contribution in [0, 0.1) is 6.92 Å². The van der Waals surface area contributed by atoms with E-state index in [-0.39, 0.29) is 0 Å². The number of rotatable bonds is 5. The summed E-state index contributed by atoms with van der Waals surface area (Å²) in [6.07, 6.45) is 0.665. The number of aryl methyl sites for hydroxylation is 1. The number of nitrogens with zero attached hydrogens (tertiary/aromatic N) is 2. The lowest BCUT2D eigenvalue weighted by Gasteiger charge is -2.12. The van der Waals surface area contributed by atoms with E-state index in [1.807, 2.05) is 7.05 Å². The molecule has 1 N–H and O–H groups in total. The smallest absolute Gasteiger partial charge is 0.220 e. The van der Waals surface area contributed by atoms with Gasteiger partial charge >= 0.3 is 0 Å². The minimum absolute atomic E-state index is 0.343. The Hall–Kier alpha value is -2.46. The van der Waals surface area contributed by atoms with Crippen LogP contribution in [0.15, 0.2) is 52.9 Å². The van der Waals surface area contributed by atoms with E-state index in [1.54, 1.807) is 6.92 Å². The van der Waals surface area contributed by atoms with Crippen LogP contribution in [-0.4, -0.2) is 17.2 Å². The molecule has 2 aromatic carbocycles. The van der Waals surface area contributed by atoms with E-state index < -0.39 is 0 Å². The predicted octanol–water partition coefficient (Wildman–Crippen LogP) is 3.92. The van der Waals surface area contributed by atoms with Gasteiger partial charge in [-0.25, -0.2) is 0 Å². The molecule has 1 aromatic heterocycles. The average Bonchev–Trinajstić information content (AvgIpc) is 3.00. The molecule has 3 rings (SSSR count). The topological polar surface area (TPSA) is 51.0 Å². The second-order valence-corrected chi connectivity index (χ2v) is 5.72. The summed E-state index contributed by atoms with van der Waals surface area (Å²) in [7, 11) is 1.98. The number of hydrogen-bond acceptors (Lipinski definition) is 4. The van der Waals surface area contributed by atoms with Gasteiger partial charge in [-0.1, -0.05) is 42.5 Å². The van der Waals surface area contributed by atoms with E-state index in [9.17, 15) is 0 Å². The summed E-state index contributed by atoms with van der Waals surface area (Å²) in [4.78, 5) is 0. The minimum atomic E-state index is 0.343. The first-order chi connectivity index (χ1) is 11.2. The van der Waals surface area contributed by atoms with E-state index in [0.717, 1.165) is 5.56 Å². The molecule has 0 saturated carbocycles. The number of hydrogen-bond donors (Lipinski definition) is 1. The van der Waals surface area contributed by atoms with Gasteiger partial charge in [0.2, 0.25) is 11.8 Å². The number of nitrogens with one attached hydrogen (secondary N) is 1. The molecule has 4 heteroatoms. The van der Waals surface area contributed by atoms with Crippen molar-refractivity contribution in [3.05, 3.63) is 71.4 Å². The van der Waals surface area contributed by atoms with Gasteiger partial charge in [0.25, 0.3) is 0 Å². The summed E-state index contributed by atoms with van der Waals surface area (Å²) in [5, 5.41) is 11.2. The maximum Gasteiger partial charge on any atom is 0.220 e. The molecule has 3 aromatic rings. The van der Waals surface area contributed by atoms with Crippen LogP contribution in [0.1, 0.15) is 35.9 Å². The Bertz CT molecular complexity index is 777. The van der Waals surface area contributed by atoms with Crippen molar-refractivity contribution < 1.29 is 4.42 Å². The summed E-state index contributed by atoms with van der Waals surface area (Å²) < 4.78 is 5.43. The fourth-order valence-electron chi connectivity index (χ4n) is 2.55. The summed E-state index contributed by atoms with van der Waals surface area (Å²) >= 11 is 0. The second kappa shape index (κ2) is 6.75. The van der Waals surface area contributed by atoms with Crippen molar-refractivity contribution in [2.45, 2.75) is 26.3 Å². The van der Waals surface area contributed by atoms with Crippen LogP contribution in [0.2, 0.25) is 0 Å². The van der Waals surface area contributed by atoms with Crippen LogP contribution in [0.5, 0.6) is 0 Å². The molecule has 1 unspecified atom stereocenters. The Kier molecular flexibility index (Phi) is 4.53. The largest absolute Gasteiger partial charge is 0.425 e. The zero-order valence-electron chi connectivity index (χ0n) is 13.7. The van der Waals surface area contributed by atoms with Crippen LogP contribution < -0.4 is 5.32 Å². The fourth-order valence-corrected chi connectivity index (χ4v) is 2.55. The first-order valence-corrected chi connectivity index (χ1v) is 7.81. The molecule has 1 atom stereocenters. The lowest BCUT2D eigenvalue weighted by molar-refractivity contribution is 0.477. The van der Waals surface area contributed by atoms with Crippen LogP contribution in [0.25, 0.3) is 11.1 Å². The van der Waals surface area contributed by atoms with Crippen molar-refractivity contribution in [1.29, 1.82) is 0 Å². The summed E-state index contributed by atoms with van der Waals surface area (Å²) in [6.45, 7) is 3.97. The maximum absolute atomic E-state index is 5.43. The molecule has 23 heavy (non-hydrogen) atoms. The zero-order chi connectivity index (χ0) is 16.2. The number of aromatic nitrogens is 2. The third-order valence-electron chi connectivity index (χ3n) is 4.03. The van der Waals surface area contributed by atoms with Crippen LogP contribution >= 0.6 is 0 Å². The molecule has 4 nitrogen and oxygen atoms in total. The Morgan fingerprint density at radius 3 is 2.48 bits per heavy atom. The van der Waals surface area contributed by atoms with E-state index >= 15 is 0 Å². The standard InChI is InChI=1S/C19H21N3O/c1-13(20-3)17-5-4-6-18(12-17)16-9-7-15(8-10-16)11-19-22-21-14(2)23-19/h4-10,12-13,20H,11H2,1-3H3. The molecular formula is C19H21N3O. The highest BCUT2D eigenvalue weighted by molar-refractivity contribution is 5.64. The van der Waals surface area contributed by atoms with Crippen molar-refractivity contribution in [2.24, 2.45) is 0 Å². The molecule has 0 amide bonds. The van der Waals surface area contributed by atoms with Crippen molar-refractivity contribution in [3.8, 4) is 11.1 Å². The summed E-state index contributed by atoms with van der Waals surface area (Å²) in [5.74, 6) is 1.26. The van der Waals surface area contributed by atoms with Gasteiger partial charge in [-0.3, -0.25) is 0 Å². The Labute approximate surface area is 136 Å². The van der Waals surface area contributed by atoms with Gasteiger partial charge in [0.05, 0.1) is 6.42 Å². The summed E-state index contributed by atoms with van der Waals surface area (Å²) in [5.41, 5.74) is 4.89. The van der Waals surface area contributed by atoms with Gasteiger partial charge in [0.15, 0.2) is 0 Å². The van der Waals surface area contributed by atoms with Crippen molar-refractivity contribution >= 4 is 0 Å². The molecule has 0 aliphatic carbocycles. The van der Waals surface area contributed by atoms with E-state index in [2.05, 4.69) is 71.0 Å².